The van der Waals surface area contributed by atoms with Crippen molar-refractivity contribution in [1.82, 2.24) is 24.9 Å². The van der Waals surface area contributed by atoms with E-state index in [1.54, 1.807) is 0 Å². The lowest BCUT2D eigenvalue weighted by Crippen LogP contribution is -2.12. The molecule has 1 N–H and O–H groups in total. The van der Waals surface area contributed by atoms with Crippen molar-refractivity contribution in [2.45, 2.75) is 44.2 Å². The zero-order valence-corrected chi connectivity index (χ0v) is 17.4. The molecule has 1 fully saturated rings. The van der Waals surface area contributed by atoms with Gasteiger partial charge in [0.15, 0.2) is 11.5 Å². The van der Waals surface area contributed by atoms with E-state index in [4.69, 9.17) is 0 Å². The molecule has 1 saturated carbocycles. The van der Waals surface area contributed by atoms with Crippen LogP contribution in [0, 0.1) is 17.6 Å². The highest BCUT2D eigenvalue weighted by Crippen LogP contribution is 2.40. The summed E-state index contributed by atoms with van der Waals surface area (Å²) in [6.45, 7) is 0. The number of rotatable bonds is 6. The zero-order valence-electron chi connectivity index (χ0n) is 17.4. The van der Waals surface area contributed by atoms with Gasteiger partial charge in [0.2, 0.25) is 11.9 Å². The van der Waals surface area contributed by atoms with Gasteiger partial charge in [0.05, 0.1) is 12.4 Å². The maximum absolute atomic E-state index is 13.5. The van der Waals surface area contributed by atoms with Crippen LogP contribution in [0.15, 0.2) is 30.6 Å². The van der Waals surface area contributed by atoms with Gasteiger partial charge in [-0.15, -0.1) is 0 Å². The normalized spacial score (nSPS) is 17.7. The van der Waals surface area contributed by atoms with E-state index in [2.05, 4.69) is 30.2 Å². The summed E-state index contributed by atoms with van der Waals surface area (Å²) in [6, 6.07) is 2.60. The molecule has 4 rings (SSSR count). The van der Waals surface area contributed by atoms with Gasteiger partial charge in [0.25, 0.3) is 0 Å². The number of hydrogen-bond acceptors (Lipinski definition) is 6. The number of hydrogen-bond donors (Lipinski definition) is 1. The highest BCUT2D eigenvalue weighted by Gasteiger charge is 2.39. The average Bonchev–Trinajstić information content (AvgIpc) is 3.09. The summed E-state index contributed by atoms with van der Waals surface area (Å²) < 4.78 is 93.3. The van der Waals surface area contributed by atoms with Crippen LogP contribution in [0.2, 0.25) is 0 Å². The number of halogens is 7. The zero-order chi connectivity index (χ0) is 24.5. The molecule has 1 aromatic carbocycles. The second-order valence-corrected chi connectivity index (χ2v) is 7.97. The smallest absolute Gasteiger partial charge is 0.324 e. The summed E-state index contributed by atoms with van der Waals surface area (Å²) in [7, 11) is 0. The predicted octanol–water partition coefficient (Wildman–Crippen LogP) is 5.74. The molecule has 3 aromatic rings. The van der Waals surface area contributed by atoms with Crippen LogP contribution in [0.4, 0.5) is 42.4 Å². The minimum absolute atomic E-state index is 0.0499. The number of nitrogens with zero attached hydrogens (tertiary/aromatic N) is 5. The summed E-state index contributed by atoms with van der Waals surface area (Å²) in [4.78, 5) is 19.3. The van der Waals surface area contributed by atoms with Crippen molar-refractivity contribution >= 4 is 11.6 Å². The van der Waals surface area contributed by atoms with Crippen molar-refractivity contribution in [2.24, 2.45) is 5.92 Å². The molecule has 2 heterocycles. The Morgan fingerprint density at radius 1 is 0.971 bits per heavy atom. The van der Waals surface area contributed by atoms with Gasteiger partial charge in [-0.2, -0.15) is 23.1 Å². The van der Waals surface area contributed by atoms with Crippen molar-refractivity contribution in [1.29, 1.82) is 0 Å². The fourth-order valence-corrected chi connectivity index (χ4v) is 3.69. The summed E-state index contributed by atoms with van der Waals surface area (Å²) in [5.41, 5.74) is -1.62. The highest BCUT2D eigenvalue weighted by molar-refractivity contribution is 5.56. The predicted molar refractivity (Wildman–Crippen MR) is 106 cm³/mol. The number of nitrogens with one attached hydrogen (secondary N) is 1. The fourth-order valence-electron chi connectivity index (χ4n) is 3.69. The first-order valence-electron chi connectivity index (χ1n) is 10.2. The Balaban J connectivity index is 1.66. The quantitative estimate of drug-likeness (QED) is 0.448. The van der Waals surface area contributed by atoms with Crippen LogP contribution < -0.4 is 5.32 Å². The molecule has 180 valence electrons. The van der Waals surface area contributed by atoms with Crippen LogP contribution >= 0.6 is 0 Å². The Labute approximate surface area is 188 Å². The van der Waals surface area contributed by atoms with Gasteiger partial charge in [-0.25, -0.2) is 27.5 Å². The van der Waals surface area contributed by atoms with Crippen LogP contribution in [0.3, 0.4) is 0 Å². The van der Waals surface area contributed by atoms with E-state index in [9.17, 15) is 30.7 Å². The van der Waals surface area contributed by atoms with Crippen LogP contribution in [0.5, 0.6) is 0 Å². The molecule has 1 aliphatic carbocycles. The van der Waals surface area contributed by atoms with Gasteiger partial charge in [0, 0.05) is 31.0 Å². The molecular weight excluding hydrogens is 469 g/mol. The van der Waals surface area contributed by atoms with E-state index in [-0.39, 0.29) is 54.2 Å². The fraction of sp³-hybridized carbons (Fsp3) is 0.381. The maximum atomic E-state index is 13.5. The highest BCUT2D eigenvalue weighted by atomic mass is 19.4. The minimum Gasteiger partial charge on any atom is -0.324 e. The number of alkyl halides is 5. The van der Waals surface area contributed by atoms with Gasteiger partial charge >= 0.3 is 6.18 Å². The number of aryl methyl sites for hydroxylation is 1. The molecule has 0 aliphatic heterocycles. The van der Waals surface area contributed by atoms with Crippen molar-refractivity contribution in [3.8, 4) is 11.5 Å². The molecule has 0 amide bonds. The molecular formula is C21H17F7N6. The van der Waals surface area contributed by atoms with Gasteiger partial charge < -0.3 is 5.32 Å². The third-order valence-electron chi connectivity index (χ3n) is 5.24. The Kier molecular flexibility index (Phi) is 6.36. The van der Waals surface area contributed by atoms with E-state index in [0.29, 0.717) is 25.1 Å². The molecule has 0 radical (unpaired) electrons. The van der Waals surface area contributed by atoms with Gasteiger partial charge in [0.1, 0.15) is 23.2 Å². The van der Waals surface area contributed by atoms with Crippen molar-refractivity contribution in [3.05, 3.63) is 53.7 Å². The lowest BCUT2D eigenvalue weighted by Gasteiger charge is -2.12. The third-order valence-corrected chi connectivity index (χ3v) is 5.24. The van der Waals surface area contributed by atoms with Crippen molar-refractivity contribution < 1.29 is 30.7 Å². The van der Waals surface area contributed by atoms with Crippen LogP contribution in [0.1, 0.15) is 37.2 Å². The van der Waals surface area contributed by atoms with E-state index in [1.807, 2.05) is 0 Å². The van der Waals surface area contributed by atoms with Crippen molar-refractivity contribution in [2.75, 3.05) is 5.32 Å². The summed E-state index contributed by atoms with van der Waals surface area (Å²) in [5, 5.41) is 2.59. The third kappa shape index (κ3) is 5.94. The number of anilines is 2. The monoisotopic (exact) mass is 486 g/mol. The largest absolute Gasteiger partial charge is 0.434 e. The second-order valence-electron chi connectivity index (χ2n) is 7.97. The molecule has 13 heteroatoms. The van der Waals surface area contributed by atoms with E-state index in [1.165, 1.54) is 0 Å². The molecule has 6 nitrogen and oxygen atoms in total. The average molecular weight is 486 g/mol. The van der Waals surface area contributed by atoms with Crippen LogP contribution in [-0.2, 0) is 12.6 Å². The molecule has 1 atom stereocenters. The van der Waals surface area contributed by atoms with Gasteiger partial charge in [-0.1, -0.05) is 0 Å². The standard InChI is InChI=1S/C21H17F7N6/c22-12-5-13(23)7-14(6-12)30-19-33-17(2-1-11-3-4-20(24,25)8-11)32-18(34-19)15-9-29-10-16(31-15)21(26,27)28/h5-7,9-11H,1-4,8H2,(H,30,32,33,34)/t11-/m0/s1. The molecule has 2 aromatic heterocycles. The van der Waals surface area contributed by atoms with E-state index in [0.717, 1.165) is 18.3 Å². The molecule has 0 unspecified atom stereocenters. The van der Waals surface area contributed by atoms with E-state index < -0.39 is 29.4 Å². The second kappa shape index (κ2) is 9.11. The maximum Gasteiger partial charge on any atom is 0.434 e. The Bertz CT molecular complexity index is 1160. The van der Waals surface area contributed by atoms with Gasteiger partial charge in [-0.3, -0.25) is 4.98 Å². The van der Waals surface area contributed by atoms with Crippen molar-refractivity contribution in [3.63, 3.8) is 0 Å². The first kappa shape index (κ1) is 23.8. The summed E-state index contributed by atoms with van der Waals surface area (Å²) >= 11 is 0. The Morgan fingerprint density at radius 2 is 1.71 bits per heavy atom. The van der Waals surface area contributed by atoms with Gasteiger partial charge in [-0.05, 0) is 30.9 Å². The topological polar surface area (TPSA) is 76.5 Å². The lowest BCUT2D eigenvalue weighted by molar-refractivity contribution is -0.141. The lowest BCUT2D eigenvalue weighted by atomic mass is 10.0. The SMILES string of the molecule is Fc1cc(F)cc(Nc2nc(CC[C@H]3CCC(F)(F)C3)nc(-c3cncc(C(F)(F)F)n3)n2)c1. The first-order chi connectivity index (χ1) is 16.0. The minimum atomic E-state index is -4.76. The molecule has 34 heavy (non-hydrogen) atoms. The Hall–Kier alpha value is -3.38. The first-order valence-corrected chi connectivity index (χ1v) is 10.2. The van der Waals surface area contributed by atoms with Crippen LogP contribution in [-0.4, -0.2) is 30.8 Å². The summed E-state index contributed by atoms with van der Waals surface area (Å²) in [5.74, 6) is -5.11. The number of benzene rings is 1. The summed E-state index contributed by atoms with van der Waals surface area (Å²) in [6.07, 6.45) is -2.88. The Morgan fingerprint density at radius 3 is 2.35 bits per heavy atom. The van der Waals surface area contributed by atoms with Crippen LogP contribution in [0.25, 0.3) is 11.5 Å². The molecule has 1 aliphatic rings. The number of aromatic nitrogens is 5. The molecule has 0 bridgehead atoms. The molecule has 0 spiro atoms. The molecule has 0 saturated heterocycles. The van der Waals surface area contributed by atoms with E-state index >= 15 is 0 Å².